The lowest BCUT2D eigenvalue weighted by Crippen LogP contribution is -2.53. The number of nitrogens with one attached hydrogen (secondary N) is 1. The van der Waals surface area contributed by atoms with Crippen LogP contribution in [0.25, 0.3) is 0 Å². The lowest BCUT2D eigenvalue weighted by molar-refractivity contribution is -0.384. The Balaban J connectivity index is 1.45. The molecule has 11 heteroatoms. The highest BCUT2D eigenvalue weighted by molar-refractivity contribution is 5.98. The Hall–Kier alpha value is -5.39. The Morgan fingerprint density at radius 2 is 1.42 bits per heavy atom. The number of esters is 1. The van der Waals surface area contributed by atoms with E-state index in [2.05, 4.69) is 5.32 Å². The van der Waals surface area contributed by atoms with Crippen molar-refractivity contribution < 1.29 is 29.2 Å². The molecular formula is C34H30N4O7. The molecule has 2 aliphatic heterocycles. The molecule has 0 aromatic heterocycles. The van der Waals surface area contributed by atoms with Crippen molar-refractivity contribution in [2.24, 2.45) is 5.92 Å². The second kappa shape index (κ2) is 11.9. The molecule has 0 unspecified atom stereocenters. The molecule has 2 amide bonds. The summed E-state index contributed by atoms with van der Waals surface area (Å²) >= 11 is 0. The summed E-state index contributed by atoms with van der Waals surface area (Å²) in [6.45, 7) is 1.30. The average Bonchev–Trinajstić information content (AvgIpc) is 3.48. The van der Waals surface area contributed by atoms with E-state index in [0.717, 1.165) is 10.6 Å². The zero-order valence-electron chi connectivity index (χ0n) is 24.2. The van der Waals surface area contributed by atoms with Crippen molar-refractivity contribution >= 4 is 23.5 Å². The van der Waals surface area contributed by atoms with E-state index in [1.165, 1.54) is 31.2 Å². The number of benzene rings is 4. The fraction of sp³-hybridized carbons (Fsp3) is 0.206. The number of fused-ring (bicyclic) bond motifs is 1. The van der Waals surface area contributed by atoms with Gasteiger partial charge in [-0.2, -0.15) is 5.01 Å². The van der Waals surface area contributed by atoms with Crippen LogP contribution in [0.5, 0.6) is 0 Å². The summed E-state index contributed by atoms with van der Waals surface area (Å²) in [7, 11) is 0. The molecule has 2 aliphatic rings. The van der Waals surface area contributed by atoms with Crippen LogP contribution in [-0.2, 0) is 20.9 Å². The van der Waals surface area contributed by atoms with Crippen LogP contribution < -0.4 is 5.32 Å². The van der Waals surface area contributed by atoms with Gasteiger partial charge in [-0.3, -0.25) is 24.5 Å². The molecule has 2 fully saturated rings. The number of nitro groups is 1. The first-order chi connectivity index (χ1) is 21.7. The molecule has 0 bridgehead atoms. The third-order valence-electron chi connectivity index (χ3n) is 8.31. The van der Waals surface area contributed by atoms with Crippen LogP contribution in [0.4, 0.5) is 5.69 Å². The van der Waals surface area contributed by atoms with Gasteiger partial charge in [0, 0.05) is 17.7 Å². The molecule has 11 nitrogen and oxygen atoms in total. The first-order valence-electron chi connectivity index (χ1n) is 14.4. The van der Waals surface area contributed by atoms with Gasteiger partial charge in [-0.15, -0.1) is 0 Å². The number of nitro benzene ring substituents is 1. The van der Waals surface area contributed by atoms with Gasteiger partial charge in [0.2, 0.25) is 0 Å². The molecule has 0 spiro atoms. The van der Waals surface area contributed by atoms with E-state index in [0.29, 0.717) is 16.7 Å². The van der Waals surface area contributed by atoms with E-state index in [-0.39, 0.29) is 12.3 Å². The first-order valence-corrected chi connectivity index (χ1v) is 14.4. The van der Waals surface area contributed by atoms with E-state index >= 15 is 0 Å². The van der Waals surface area contributed by atoms with Gasteiger partial charge in [-0.1, -0.05) is 91.0 Å². The number of amides is 2. The summed E-state index contributed by atoms with van der Waals surface area (Å²) in [5.74, 6) is -3.18. The van der Waals surface area contributed by atoms with Crippen molar-refractivity contribution in [3.63, 3.8) is 0 Å². The number of aliphatic hydroxyl groups is 1. The fourth-order valence-electron chi connectivity index (χ4n) is 6.25. The third-order valence-corrected chi connectivity index (χ3v) is 8.31. The molecule has 45 heavy (non-hydrogen) atoms. The number of non-ortho nitro benzene ring substituents is 1. The van der Waals surface area contributed by atoms with Gasteiger partial charge in [-0.05, 0) is 35.7 Å². The van der Waals surface area contributed by atoms with Crippen LogP contribution in [0.1, 0.15) is 46.1 Å². The van der Waals surface area contributed by atoms with E-state index in [4.69, 9.17) is 4.74 Å². The van der Waals surface area contributed by atoms with Crippen LogP contribution in [-0.4, -0.2) is 49.6 Å². The molecule has 0 saturated carbocycles. The fourth-order valence-corrected chi connectivity index (χ4v) is 6.25. The predicted molar refractivity (Wildman–Crippen MR) is 162 cm³/mol. The van der Waals surface area contributed by atoms with Crippen LogP contribution in [0.15, 0.2) is 115 Å². The molecule has 4 aromatic carbocycles. The molecule has 228 valence electrons. The van der Waals surface area contributed by atoms with E-state index in [9.17, 15) is 29.6 Å². The van der Waals surface area contributed by atoms with Crippen molar-refractivity contribution in [3.8, 4) is 0 Å². The second-order valence-electron chi connectivity index (χ2n) is 11.2. The maximum Gasteiger partial charge on any atom is 0.316 e. The molecule has 6 rings (SSSR count). The van der Waals surface area contributed by atoms with E-state index in [1.807, 2.05) is 24.3 Å². The number of hydrogen-bond acceptors (Lipinski definition) is 8. The van der Waals surface area contributed by atoms with Crippen molar-refractivity contribution in [2.75, 3.05) is 0 Å². The minimum Gasteiger partial charge on any atom is -0.460 e. The highest BCUT2D eigenvalue weighted by atomic mass is 16.6. The molecule has 2 saturated heterocycles. The number of hydrazine groups is 1. The summed E-state index contributed by atoms with van der Waals surface area (Å²) in [4.78, 5) is 52.4. The SMILES string of the molecule is C[C@]1(O)[C@@H](C(=O)OCc2ccccc2)[C@H](c2ccc([N+](=O)[O-])cc2)N2[C@H](c3ccccc3)[C@@H](NC(=O)c3ccccc3)C(=O)N21. The van der Waals surface area contributed by atoms with Crippen molar-refractivity contribution in [1.82, 2.24) is 15.3 Å². The Labute approximate surface area is 258 Å². The molecule has 0 aliphatic carbocycles. The van der Waals surface area contributed by atoms with Gasteiger partial charge >= 0.3 is 5.97 Å². The van der Waals surface area contributed by atoms with Gasteiger partial charge in [-0.25, -0.2) is 5.01 Å². The summed E-state index contributed by atoms with van der Waals surface area (Å²) in [6, 6.07) is 29.1. The smallest absolute Gasteiger partial charge is 0.316 e. The predicted octanol–water partition coefficient (Wildman–Crippen LogP) is 4.32. The van der Waals surface area contributed by atoms with Gasteiger partial charge in [0.1, 0.15) is 18.6 Å². The number of rotatable bonds is 8. The average molecular weight is 607 g/mol. The first kappa shape index (κ1) is 29.7. The van der Waals surface area contributed by atoms with Gasteiger partial charge < -0.3 is 15.2 Å². The Morgan fingerprint density at radius 1 is 0.867 bits per heavy atom. The van der Waals surface area contributed by atoms with Crippen molar-refractivity contribution in [2.45, 2.75) is 37.4 Å². The lowest BCUT2D eigenvalue weighted by atomic mass is 9.84. The number of ether oxygens (including phenoxy) is 1. The van der Waals surface area contributed by atoms with E-state index < -0.39 is 52.5 Å². The molecule has 0 radical (unpaired) electrons. The number of nitrogens with zero attached hydrogens (tertiary/aromatic N) is 3. The van der Waals surface area contributed by atoms with Crippen LogP contribution in [0, 0.1) is 16.0 Å². The van der Waals surface area contributed by atoms with Gasteiger partial charge in [0.15, 0.2) is 5.72 Å². The van der Waals surface area contributed by atoms with E-state index in [1.54, 1.807) is 71.7 Å². The maximum absolute atomic E-state index is 14.3. The highest BCUT2D eigenvalue weighted by Gasteiger charge is 2.68. The maximum atomic E-state index is 14.3. The Kier molecular flexibility index (Phi) is 7.88. The van der Waals surface area contributed by atoms with Crippen molar-refractivity contribution in [1.29, 1.82) is 0 Å². The molecule has 2 heterocycles. The summed E-state index contributed by atoms with van der Waals surface area (Å²) in [6.07, 6.45) is 0. The monoisotopic (exact) mass is 606 g/mol. The largest absolute Gasteiger partial charge is 0.460 e. The Morgan fingerprint density at radius 3 is 2.02 bits per heavy atom. The molecule has 2 N–H and O–H groups in total. The molecule has 4 aromatic rings. The number of carbonyl (C=O) groups is 3. The zero-order chi connectivity index (χ0) is 31.7. The third kappa shape index (κ3) is 5.43. The minimum atomic E-state index is -2.10. The van der Waals surface area contributed by atoms with Crippen LogP contribution >= 0.6 is 0 Å². The topological polar surface area (TPSA) is 142 Å². The number of carbonyl (C=O) groups excluding carboxylic acids is 3. The van der Waals surface area contributed by atoms with Crippen LogP contribution in [0.3, 0.4) is 0 Å². The summed E-state index contributed by atoms with van der Waals surface area (Å²) < 4.78 is 5.71. The Bertz CT molecular complexity index is 1720. The number of hydrogen-bond donors (Lipinski definition) is 2. The normalized spacial score (nSPS) is 24.2. The van der Waals surface area contributed by atoms with Crippen LogP contribution in [0.2, 0.25) is 0 Å². The summed E-state index contributed by atoms with van der Waals surface area (Å²) in [5.41, 5.74) is -0.0927. The van der Waals surface area contributed by atoms with Crippen molar-refractivity contribution in [3.05, 3.63) is 148 Å². The minimum absolute atomic E-state index is 0.0644. The standard InChI is InChI=1S/C34H30N4O7/c1-34(42)27(33(41)45-21-22-11-5-2-6-12-22)29(24-17-19-26(20-18-24)38(43)44)36-30(23-13-7-3-8-14-23)28(32(40)37(34)36)35-31(39)25-15-9-4-10-16-25/h2-20,27-30,42H,21H2,1H3,(H,35,39)/t27-,28-,29+,30-,34+/m1/s1. The lowest BCUT2D eigenvalue weighted by Gasteiger charge is -2.33. The summed E-state index contributed by atoms with van der Waals surface area (Å²) in [5, 5.41) is 29.1. The van der Waals surface area contributed by atoms with Gasteiger partial charge in [0.05, 0.1) is 17.0 Å². The second-order valence-corrected chi connectivity index (χ2v) is 11.2. The molecule has 5 atom stereocenters. The quantitative estimate of drug-likeness (QED) is 0.172. The zero-order valence-corrected chi connectivity index (χ0v) is 24.2. The highest BCUT2D eigenvalue weighted by Crippen LogP contribution is 2.55. The van der Waals surface area contributed by atoms with Gasteiger partial charge in [0.25, 0.3) is 17.5 Å². The molecular weight excluding hydrogens is 576 g/mol.